The number of hydrogen-bond donors (Lipinski definition) is 1. The van der Waals surface area contributed by atoms with Gasteiger partial charge < -0.3 is 24.1 Å². The number of aliphatic hydroxyl groups excluding tert-OH is 1. The molecule has 2 rings (SSSR count). The van der Waals surface area contributed by atoms with Crippen LogP contribution in [0.25, 0.3) is 0 Å². The lowest BCUT2D eigenvalue weighted by molar-refractivity contribution is -0.139. The molecule has 0 heterocycles. The van der Waals surface area contributed by atoms with E-state index in [2.05, 4.69) is 0 Å². The van der Waals surface area contributed by atoms with Gasteiger partial charge in [0.25, 0.3) is 0 Å². The summed E-state index contributed by atoms with van der Waals surface area (Å²) in [5, 5.41) is 9.94. The summed E-state index contributed by atoms with van der Waals surface area (Å²) in [4.78, 5) is 12.5. The summed E-state index contributed by atoms with van der Waals surface area (Å²) in [5.74, 6) is 0.623. The zero-order chi connectivity index (χ0) is 20.0. The molecule has 0 fully saturated rings. The highest BCUT2D eigenvalue weighted by atomic mass is 16.6. The van der Waals surface area contributed by atoms with Crippen LogP contribution in [0, 0.1) is 0 Å². The minimum Gasteiger partial charge on any atom is -0.493 e. The van der Waals surface area contributed by atoms with Crippen molar-refractivity contribution in [1.82, 2.24) is 0 Å². The van der Waals surface area contributed by atoms with Gasteiger partial charge in [0.2, 0.25) is 6.29 Å². The fourth-order valence-corrected chi connectivity index (χ4v) is 3.21. The largest absolute Gasteiger partial charge is 0.493 e. The Kier molecular flexibility index (Phi) is 7.30. The normalized spacial score (nSPS) is 17.0. The van der Waals surface area contributed by atoms with E-state index in [0.29, 0.717) is 17.1 Å². The lowest BCUT2D eigenvalue weighted by Gasteiger charge is -2.17. The number of fused-ring (bicyclic) bond motifs is 1. The van der Waals surface area contributed by atoms with E-state index >= 15 is 0 Å². The second-order valence-corrected chi connectivity index (χ2v) is 6.56. The fourth-order valence-electron chi connectivity index (χ4n) is 3.21. The van der Waals surface area contributed by atoms with Gasteiger partial charge in [0.05, 0.1) is 32.7 Å². The van der Waals surface area contributed by atoms with E-state index in [0.717, 1.165) is 29.5 Å². The second-order valence-electron chi connectivity index (χ2n) is 6.56. The Morgan fingerprint density at radius 3 is 2.52 bits per heavy atom. The van der Waals surface area contributed by atoms with Crippen LogP contribution >= 0.6 is 0 Å². The Balaban J connectivity index is 2.38. The van der Waals surface area contributed by atoms with Crippen LogP contribution in [0.2, 0.25) is 0 Å². The highest BCUT2D eigenvalue weighted by Crippen LogP contribution is 2.43. The van der Waals surface area contributed by atoms with Gasteiger partial charge in [-0.2, -0.15) is 0 Å². The molecule has 1 N–H and O–H groups in total. The number of benzene rings is 1. The molecule has 2 atom stereocenters. The molecule has 0 amide bonds. The number of carbonyl (C=O) groups excluding carboxylic acids is 1. The molecular weight excluding hydrogens is 348 g/mol. The van der Waals surface area contributed by atoms with Gasteiger partial charge >= 0.3 is 5.97 Å². The third kappa shape index (κ3) is 5.04. The van der Waals surface area contributed by atoms with Crippen molar-refractivity contribution in [3.63, 3.8) is 0 Å². The number of aryl methyl sites for hydroxylation is 1. The molecule has 6 nitrogen and oxygen atoms in total. The van der Waals surface area contributed by atoms with Crippen LogP contribution in [0.3, 0.4) is 0 Å². The Labute approximate surface area is 160 Å². The number of ether oxygens (including phenoxy) is 4. The third-order valence-electron chi connectivity index (χ3n) is 4.42. The number of rotatable bonds is 8. The predicted octanol–water partition coefficient (Wildman–Crippen LogP) is 3.48. The number of hydrogen-bond acceptors (Lipinski definition) is 6. The maximum Gasteiger partial charge on any atom is 0.337 e. The Morgan fingerprint density at radius 2 is 1.93 bits per heavy atom. The molecule has 0 aromatic heterocycles. The van der Waals surface area contributed by atoms with E-state index < -0.39 is 12.3 Å². The molecule has 6 heteroatoms. The first-order chi connectivity index (χ1) is 12.9. The smallest absolute Gasteiger partial charge is 0.337 e. The van der Waals surface area contributed by atoms with Gasteiger partial charge in [-0.1, -0.05) is 5.57 Å². The molecule has 0 saturated carbocycles. The first-order valence-corrected chi connectivity index (χ1v) is 9.01. The van der Waals surface area contributed by atoms with E-state index in [4.69, 9.17) is 18.9 Å². The van der Waals surface area contributed by atoms with Gasteiger partial charge in [-0.15, -0.1) is 0 Å². The fraction of sp³-hybridized carbons (Fsp3) is 0.476. The molecule has 0 bridgehead atoms. The molecule has 0 saturated heterocycles. The van der Waals surface area contributed by atoms with Gasteiger partial charge in [-0.3, -0.25) is 0 Å². The predicted molar refractivity (Wildman–Crippen MR) is 102 cm³/mol. The SMILES string of the molecule is CCOC(=O)/C(=C/OC(O)C=C(C)C)C1CCc2cc(OC)c(OC)cc21. The Bertz CT molecular complexity index is 730. The van der Waals surface area contributed by atoms with Crippen LogP contribution in [0.4, 0.5) is 0 Å². The first-order valence-electron chi connectivity index (χ1n) is 9.01. The topological polar surface area (TPSA) is 74.2 Å². The number of allylic oxidation sites excluding steroid dienone is 1. The average molecular weight is 376 g/mol. The molecule has 27 heavy (non-hydrogen) atoms. The van der Waals surface area contributed by atoms with Crippen molar-refractivity contribution in [3.8, 4) is 11.5 Å². The zero-order valence-corrected chi connectivity index (χ0v) is 16.6. The van der Waals surface area contributed by atoms with E-state index in [-0.39, 0.29) is 12.5 Å². The average Bonchev–Trinajstić information content (AvgIpc) is 3.03. The molecule has 1 aliphatic rings. The van der Waals surface area contributed by atoms with Crippen LogP contribution in [0.1, 0.15) is 44.2 Å². The van der Waals surface area contributed by atoms with Crippen molar-refractivity contribution in [2.75, 3.05) is 20.8 Å². The summed E-state index contributed by atoms with van der Waals surface area (Å²) in [6.45, 7) is 5.73. The summed E-state index contributed by atoms with van der Waals surface area (Å²) in [6.07, 6.45) is 3.30. The summed E-state index contributed by atoms with van der Waals surface area (Å²) in [5.41, 5.74) is 3.37. The molecule has 1 aromatic rings. The van der Waals surface area contributed by atoms with Crippen LogP contribution in [-0.2, 0) is 20.7 Å². The third-order valence-corrected chi connectivity index (χ3v) is 4.42. The van der Waals surface area contributed by atoms with E-state index in [9.17, 15) is 9.90 Å². The second kappa shape index (κ2) is 9.46. The molecule has 0 aliphatic heterocycles. The summed E-state index contributed by atoms with van der Waals surface area (Å²) >= 11 is 0. The number of methoxy groups -OCH3 is 2. The highest BCUT2D eigenvalue weighted by Gasteiger charge is 2.32. The molecule has 0 radical (unpaired) electrons. The minimum atomic E-state index is -1.12. The van der Waals surface area contributed by atoms with Gasteiger partial charge in [0, 0.05) is 5.92 Å². The molecule has 148 valence electrons. The van der Waals surface area contributed by atoms with Gasteiger partial charge in [-0.05, 0) is 62.9 Å². The van der Waals surface area contributed by atoms with Crippen LogP contribution in [0.15, 0.2) is 35.6 Å². The van der Waals surface area contributed by atoms with Gasteiger partial charge in [-0.25, -0.2) is 4.79 Å². The van der Waals surface area contributed by atoms with Gasteiger partial charge in [0.1, 0.15) is 0 Å². The lowest BCUT2D eigenvalue weighted by atomic mass is 9.93. The first kappa shape index (κ1) is 20.8. The van der Waals surface area contributed by atoms with Crippen molar-refractivity contribution in [2.45, 2.75) is 45.8 Å². The lowest BCUT2D eigenvalue weighted by Crippen LogP contribution is -2.16. The Morgan fingerprint density at radius 1 is 1.26 bits per heavy atom. The number of esters is 1. The minimum absolute atomic E-state index is 0.197. The maximum atomic E-state index is 12.5. The van der Waals surface area contributed by atoms with Crippen LogP contribution < -0.4 is 9.47 Å². The van der Waals surface area contributed by atoms with Crippen LogP contribution in [0.5, 0.6) is 11.5 Å². The zero-order valence-electron chi connectivity index (χ0n) is 16.6. The van der Waals surface area contributed by atoms with Crippen molar-refractivity contribution < 1.29 is 28.8 Å². The number of carbonyl (C=O) groups is 1. The molecule has 1 aromatic carbocycles. The van der Waals surface area contributed by atoms with Crippen molar-refractivity contribution >= 4 is 5.97 Å². The van der Waals surface area contributed by atoms with E-state index in [1.807, 2.05) is 26.0 Å². The van der Waals surface area contributed by atoms with Gasteiger partial charge in [0.15, 0.2) is 11.5 Å². The maximum absolute atomic E-state index is 12.5. The monoisotopic (exact) mass is 376 g/mol. The highest BCUT2D eigenvalue weighted by molar-refractivity contribution is 5.90. The summed E-state index contributed by atoms with van der Waals surface area (Å²) < 4.78 is 21.3. The molecular formula is C21H28O6. The summed E-state index contributed by atoms with van der Waals surface area (Å²) in [7, 11) is 3.17. The van der Waals surface area contributed by atoms with E-state index in [1.165, 1.54) is 6.26 Å². The van der Waals surface area contributed by atoms with Crippen molar-refractivity contribution in [1.29, 1.82) is 0 Å². The van der Waals surface area contributed by atoms with Crippen molar-refractivity contribution in [2.24, 2.45) is 0 Å². The Hall–Kier alpha value is -2.47. The van der Waals surface area contributed by atoms with Crippen LogP contribution in [-0.4, -0.2) is 38.2 Å². The molecule has 2 unspecified atom stereocenters. The van der Waals surface area contributed by atoms with Crippen molar-refractivity contribution in [3.05, 3.63) is 46.7 Å². The van der Waals surface area contributed by atoms with E-state index in [1.54, 1.807) is 27.2 Å². The number of aliphatic hydroxyl groups is 1. The molecule has 0 spiro atoms. The quantitative estimate of drug-likeness (QED) is 0.246. The molecule has 1 aliphatic carbocycles. The summed E-state index contributed by atoms with van der Waals surface area (Å²) in [6, 6.07) is 3.83. The standard InChI is InChI=1S/C21H28O6/c1-6-26-21(23)17(12-27-20(22)9-13(2)3)15-8-7-14-10-18(24-4)19(25-5)11-16(14)15/h9-12,15,20,22H,6-8H2,1-5H3/b17-12+.